The van der Waals surface area contributed by atoms with Gasteiger partial charge in [-0.25, -0.2) is 9.20 Å². The standard InChI is InChI=1S/C32H34Cl2N8O2/c1-20-15-27(37-41(20)17-21(2)39(19-43)13-11-35)25-9-5-7-23(30(25)33)24-8-6-10-26(31(24)34)28-16-29-32(44)40(14-12-36-4)22(3)18-42(29)38-28/h5-10,15-19,36H,11-14,35H2,1-4H3/b21-17-. The zero-order valence-corrected chi connectivity index (χ0v) is 26.5. The molecule has 0 aliphatic rings. The fourth-order valence-electron chi connectivity index (χ4n) is 5.16. The van der Waals surface area contributed by atoms with Crippen molar-refractivity contribution in [3.63, 3.8) is 0 Å². The van der Waals surface area contributed by atoms with Crippen molar-refractivity contribution in [3.8, 4) is 33.6 Å². The van der Waals surface area contributed by atoms with Crippen LogP contribution in [0.3, 0.4) is 0 Å². The van der Waals surface area contributed by atoms with E-state index >= 15 is 0 Å². The highest BCUT2D eigenvalue weighted by Gasteiger charge is 2.19. The number of hydrogen-bond acceptors (Lipinski definition) is 6. The lowest BCUT2D eigenvalue weighted by molar-refractivity contribution is -0.116. The Morgan fingerprint density at radius 2 is 1.59 bits per heavy atom. The van der Waals surface area contributed by atoms with E-state index in [1.165, 1.54) is 4.90 Å². The molecule has 0 saturated heterocycles. The van der Waals surface area contributed by atoms with E-state index in [1.807, 2.05) is 76.5 Å². The van der Waals surface area contributed by atoms with Crippen LogP contribution in [0, 0.1) is 13.8 Å². The van der Waals surface area contributed by atoms with E-state index in [0.717, 1.165) is 34.5 Å². The van der Waals surface area contributed by atoms with Gasteiger partial charge >= 0.3 is 0 Å². The third-order valence-corrected chi connectivity index (χ3v) is 8.36. The van der Waals surface area contributed by atoms with Gasteiger partial charge in [-0.05, 0) is 40.0 Å². The molecule has 3 heterocycles. The number of carbonyl (C=O) groups excluding carboxylic acids is 1. The zero-order chi connectivity index (χ0) is 31.5. The van der Waals surface area contributed by atoms with E-state index < -0.39 is 0 Å². The second-order valence-electron chi connectivity index (χ2n) is 10.5. The average molecular weight is 634 g/mol. The Bertz CT molecular complexity index is 1940. The summed E-state index contributed by atoms with van der Waals surface area (Å²) >= 11 is 14.1. The summed E-state index contributed by atoms with van der Waals surface area (Å²) in [5.41, 5.74) is 12.5. The number of carbonyl (C=O) groups is 1. The molecule has 0 saturated carbocycles. The molecule has 0 aliphatic heterocycles. The first-order valence-electron chi connectivity index (χ1n) is 14.2. The largest absolute Gasteiger partial charge is 0.329 e. The SMILES string of the molecule is CNCCn1c(C)cn2nc(-c3cccc(-c4cccc(-c5cc(C)n(/C=C(/C)N(C=O)CCN)n5)c4Cl)c3Cl)cc2c1=O. The van der Waals surface area contributed by atoms with Gasteiger partial charge in [0.1, 0.15) is 5.52 Å². The minimum absolute atomic E-state index is 0.111. The van der Waals surface area contributed by atoms with Crippen molar-refractivity contribution in [1.82, 2.24) is 34.2 Å². The highest BCUT2D eigenvalue weighted by atomic mass is 35.5. The summed E-state index contributed by atoms with van der Waals surface area (Å²) in [5.74, 6) is 0. The van der Waals surface area contributed by atoms with Crippen LogP contribution in [-0.2, 0) is 11.3 Å². The number of amides is 1. The van der Waals surface area contributed by atoms with E-state index in [1.54, 1.807) is 26.0 Å². The summed E-state index contributed by atoms with van der Waals surface area (Å²) in [6.07, 6.45) is 4.39. The summed E-state index contributed by atoms with van der Waals surface area (Å²) in [6.45, 7) is 7.65. The maximum absolute atomic E-state index is 13.2. The van der Waals surface area contributed by atoms with E-state index in [9.17, 15) is 9.59 Å². The minimum atomic E-state index is -0.111. The molecule has 0 unspecified atom stereocenters. The lowest BCUT2D eigenvalue weighted by atomic mass is 9.98. The van der Waals surface area contributed by atoms with Gasteiger partial charge < -0.3 is 20.5 Å². The number of hydrogen-bond donors (Lipinski definition) is 2. The second kappa shape index (κ2) is 13.2. The molecule has 0 fully saturated rings. The highest BCUT2D eigenvalue weighted by molar-refractivity contribution is 6.39. The Morgan fingerprint density at radius 1 is 0.977 bits per heavy atom. The van der Waals surface area contributed by atoms with Crippen LogP contribution >= 0.6 is 23.2 Å². The summed E-state index contributed by atoms with van der Waals surface area (Å²) in [7, 11) is 1.86. The number of halogens is 2. The fraction of sp³-hybridized carbons (Fsp3) is 0.250. The first-order valence-corrected chi connectivity index (χ1v) is 14.9. The number of benzene rings is 2. The van der Waals surface area contributed by atoms with Crippen LogP contribution in [0.2, 0.25) is 10.0 Å². The van der Waals surface area contributed by atoms with Gasteiger partial charge in [-0.1, -0.05) is 59.6 Å². The van der Waals surface area contributed by atoms with Gasteiger partial charge in [-0.15, -0.1) is 0 Å². The van der Waals surface area contributed by atoms with Crippen molar-refractivity contribution in [2.24, 2.45) is 5.73 Å². The quantitative estimate of drug-likeness (QED) is 0.196. The van der Waals surface area contributed by atoms with Crippen LogP contribution in [0.25, 0.3) is 45.4 Å². The maximum Gasteiger partial charge on any atom is 0.276 e. The van der Waals surface area contributed by atoms with Gasteiger partial charge in [0.25, 0.3) is 5.56 Å². The first-order chi connectivity index (χ1) is 21.2. The molecular formula is C32H34Cl2N8O2. The molecule has 5 rings (SSSR count). The summed E-state index contributed by atoms with van der Waals surface area (Å²) in [5, 5.41) is 13.5. The van der Waals surface area contributed by atoms with Crippen LogP contribution in [0.15, 0.2) is 65.2 Å². The molecule has 0 aliphatic carbocycles. The number of nitrogens with one attached hydrogen (secondary N) is 1. The number of allylic oxidation sites excluding steroid dienone is 1. The lowest BCUT2D eigenvalue weighted by Crippen LogP contribution is -2.28. The molecule has 10 nitrogen and oxygen atoms in total. The first kappa shape index (κ1) is 31.2. The normalized spacial score (nSPS) is 11.8. The van der Waals surface area contributed by atoms with Crippen molar-refractivity contribution in [2.75, 3.05) is 26.7 Å². The van der Waals surface area contributed by atoms with Gasteiger partial charge in [-0.2, -0.15) is 10.2 Å². The van der Waals surface area contributed by atoms with Crippen LogP contribution < -0.4 is 16.6 Å². The number of likely N-dealkylation sites (N-methyl/N-ethyl adjacent to an activating group) is 1. The number of nitrogens with two attached hydrogens (primary N) is 1. The predicted octanol–water partition coefficient (Wildman–Crippen LogP) is 5.07. The van der Waals surface area contributed by atoms with Gasteiger partial charge in [-0.3, -0.25) is 9.59 Å². The van der Waals surface area contributed by atoms with Crippen molar-refractivity contribution >= 4 is 41.3 Å². The highest BCUT2D eigenvalue weighted by Crippen LogP contribution is 2.42. The fourth-order valence-corrected chi connectivity index (χ4v) is 5.81. The van der Waals surface area contributed by atoms with Crippen LogP contribution in [0.4, 0.5) is 0 Å². The van der Waals surface area contributed by atoms with Gasteiger partial charge in [0.05, 0.1) is 21.4 Å². The molecule has 12 heteroatoms. The van der Waals surface area contributed by atoms with Crippen molar-refractivity contribution in [1.29, 1.82) is 0 Å². The molecule has 0 spiro atoms. The van der Waals surface area contributed by atoms with E-state index in [2.05, 4.69) is 5.32 Å². The average Bonchev–Trinajstić information content (AvgIpc) is 3.59. The Kier molecular flexibility index (Phi) is 9.36. The summed E-state index contributed by atoms with van der Waals surface area (Å²) < 4.78 is 5.06. The number of rotatable bonds is 11. The molecule has 0 bridgehead atoms. The summed E-state index contributed by atoms with van der Waals surface area (Å²) in [4.78, 5) is 26.2. The number of fused-ring (bicyclic) bond motifs is 1. The lowest BCUT2D eigenvalue weighted by Gasteiger charge is -2.16. The molecule has 0 radical (unpaired) electrons. The Balaban J connectivity index is 1.54. The number of nitrogens with zero attached hydrogens (tertiary/aromatic N) is 6. The molecular weight excluding hydrogens is 599 g/mol. The monoisotopic (exact) mass is 632 g/mol. The molecule has 228 valence electrons. The molecule has 5 aromatic rings. The third kappa shape index (κ3) is 5.94. The van der Waals surface area contributed by atoms with Crippen LogP contribution in [0.1, 0.15) is 18.3 Å². The minimum Gasteiger partial charge on any atom is -0.329 e. The van der Waals surface area contributed by atoms with Gasteiger partial charge in [0.15, 0.2) is 0 Å². The third-order valence-electron chi connectivity index (χ3n) is 7.54. The predicted molar refractivity (Wildman–Crippen MR) is 177 cm³/mol. The van der Waals surface area contributed by atoms with Gasteiger partial charge in [0.2, 0.25) is 6.41 Å². The molecule has 1 amide bonds. The van der Waals surface area contributed by atoms with E-state index in [0.29, 0.717) is 64.4 Å². The van der Waals surface area contributed by atoms with Crippen molar-refractivity contribution < 1.29 is 4.79 Å². The smallest absolute Gasteiger partial charge is 0.276 e. The topological polar surface area (TPSA) is 115 Å². The van der Waals surface area contributed by atoms with Crippen molar-refractivity contribution in [2.45, 2.75) is 27.3 Å². The van der Waals surface area contributed by atoms with Crippen LogP contribution in [0.5, 0.6) is 0 Å². The Morgan fingerprint density at radius 3 is 2.18 bits per heavy atom. The Labute approximate surface area is 265 Å². The van der Waals surface area contributed by atoms with Crippen molar-refractivity contribution in [3.05, 3.63) is 92.2 Å². The second-order valence-corrected chi connectivity index (χ2v) is 11.3. The molecule has 3 aromatic heterocycles. The molecule has 0 atom stereocenters. The molecule has 3 N–H and O–H groups in total. The zero-order valence-electron chi connectivity index (χ0n) is 25.0. The maximum atomic E-state index is 13.2. The molecule has 44 heavy (non-hydrogen) atoms. The Hall–Kier alpha value is -4.22. The van der Waals surface area contributed by atoms with Crippen LogP contribution in [-0.4, -0.2) is 62.0 Å². The number of aromatic nitrogens is 5. The van der Waals surface area contributed by atoms with E-state index in [-0.39, 0.29) is 5.56 Å². The van der Waals surface area contributed by atoms with E-state index in [4.69, 9.17) is 39.1 Å². The summed E-state index contributed by atoms with van der Waals surface area (Å²) in [6, 6.07) is 15.1. The van der Waals surface area contributed by atoms with Gasteiger partial charge in [0, 0.05) is 77.9 Å². The number of aryl methyl sites for hydroxylation is 2. The molecule has 2 aromatic carbocycles.